The molecule has 2 fully saturated rings. The fourth-order valence-corrected chi connectivity index (χ4v) is 17.0. The van der Waals surface area contributed by atoms with Gasteiger partial charge >= 0.3 is 147 Å². The molecule has 0 amide bonds. The van der Waals surface area contributed by atoms with Crippen molar-refractivity contribution in [2.75, 3.05) is 0 Å². The first-order valence-corrected chi connectivity index (χ1v) is 14.1. The third-order valence-corrected chi connectivity index (χ3v) is 17.2. The van der Waals surface area contributed by atoms with E-state index in [0.717, 1.165) is 17.9 Å². The predicted molar refractivity (Wildman–Crippen MR) is 95.5 cm³/mol. The second-order valence-corrected chi connectivity index (χ2v) is 16.5. The average Bonchev–Trinajstić information content (AvgIpc) is 2.53. The summed E-state index contributed by atoms with van der Waals surface area (Å²) >= 11 is 10.8. The third-order valence-electron chi connectivity index (χ3n) is 5.34. The SMILES string of the molecule is Clc1cc[c]([Sn]([CH]2CCCCC2)[CH]2CCCCC2)cc1Cl. The zero-order valence-electron chi connectivity index (χ0n) is 12.7. The molecule has 2 aliphatic carbocycles. The zero-order valence-corrected chi connectivity index (χ0v) is 17.1. The Labute approximate surface area is 146 Å². The summed E-state index contributed by atoms with van der Waals surface area (Å²) in [5.74, 6) is 0. The summed E-state index contributed by atoms with van der Waals surface area (Å²) in [7, 11) is 0. The van der Waals surface area contributed by atoms with E-state index in [0.29, 0.717) is 0 Å². The van der Waals surface area contributed by atoms with Crippen LogP contribution in [0.15, 0.2) is 18.2 Å². The van der Waals surface area contributed by atoms with Crippen LogP contribution in [0.2, 0.25) is 17.9 Å². The Morgan fingerprint density at radius 3 is 1.71 bits per heavy atom. The fourth-order valence-electron chi connectivity index (χ4n) is 4.31. The summed E-state index contributed by atoms with van der Waals surface area (Å²) in [6.45, 7) is 0. The number of hydrogen-bond acceptors (Lipinski definition) is 0. The maximum atomic E-state index is 6.34. The summed E-state index contributed by atoms with van der Waals surface area (Å²) in [6.07, 6.45) is 14.7. The van der Waals surface area contributed by atoms with Crippen molar-refractivity contribution in [2.45, 2.75) is 72.1 Å². The van der Waals surface area contributed by atoms with E-state index in [2.05, 4.69) is 12.1 Å². The van der Waals surface area contributed by atoms with Crippen LogP contribution < -0.4 is 3.58 Å². The molecule has 1 radical (unpaired) electrons. The van der Waals surface area contributed by atoms with Crippen molar-refractivity contribution in [1.29, 1.82) is 0 Å². The van der Waals surface area contributed by atoms with Crippen molar-refractivity contribution in [3.8, 4) is 0 Å². The molecule has 1 aromatic carbocycles. The van der Waals surface area contributed by atoms with Crippen LogP contribution in [0.1, 0.15) is 64.2 Å². The Morgan fingerprint density at radius 2 is 1.24 bits per heavy atom. The van der Waals surface area contributed by atoms with Crippen molar-refractivity contribution in [2.24, 2.45) is 0 Å². The third kappa shape index (κ3) is 4.12. The van der Waals surface area contributed by atoms with Crippen molar-refractivity contribution < 1.29 is 0 Å². The minimum atomic E-state index is -1.64. The zero-order chi connectivity index (χ0) is 14.7. The van der Waals surface area contributed by atoms with E-state index in [-0.39, 0.29) is 0 Å². The van der Waals surface area contributed by atoms with Gasteiger partial charge in [-0.15, -0.1) is 0 Å². The predicted octanol–water partition coefficient (Wildman–Crippen LogP) is 6.36. The van der Waals surface area contributed by atoms with Crippen molar-refractivity contribution >= 4 is 46.5 Å². The fraction of sp³-hybridized carbons (Fsp3) is 0.667. The van der Waals surface area contributed by atoms with Gasteiger partial charge in [0.25, 0.3) is 0 Å². The number of benzene rings is 1. The quantitative estimate of drug-likeness (QED) is 0.489. The number of hydrogen-bond donors (Lipinski definition) is 0. The number of rotatable bonds is 3. The van der Waals surface area contributed by atoms with Gasteiger partial charge in [-0.2, -0.15) is 0 Å². The second-order valence-electron chi connectivity index (χ2n) is 6.75. The van der Waals surface area contributed by atoms with Crippen molar-refractivity contribution in [1.82, 2.24) is 0 Å². The summed E-state index contributed by atoms with van der Waals surface area (Å²) in [5, 5.41) is 1.49. The van der Waals surface area contributed by atoms with E-state index in [1.54, 1.807) is 3.58 Å². The van der Waals surface area contributed by atoms with Gasteiger partial charge in [0, 0.05) is 0 Å². The molecular weight excluding hydrogens is 406 g/mol. The molecule has 2 saturated carbocycles. The van der Waals surface area contributed by atoms with E-state index in [1.807, 2.05) is 6.07 Å². The van der Waals surface area contributed by atoms with Crippen LogP contribution >= 0.6 is 23.2 Å². The van der Waals surface area contributed by atoms with E-state index >= 15 is 0 Å². The Balaban J connectivity index is 1.87. The molecule has 0 heterocycles. The standard InChI is InChI=1S/C6H3Cl2.2C6H11.Sn/c7-5-3-1-2-4-6(5)8;2*1-2-4-6-5-3-1;/h1,3-4H;2*1H,2-6H2;. The molecule has 21 heavy (non-hydrogen) atoms. The molecule has 0 N–H and O–H groups in total. The Bertz CT molecular complexity index is 444. The molecular formula is C18H25Cl2Sn. The maximum absolute atomic E-state index is 6.34. The molecule has 1 aromatic rings. The van der Waals surface area contributed by atoms with Gasteiger partial charge in [0.05, 0.1) is 0 Å². The topological polar surface area (TPSA) is 0 Å². The molecule has 0 spiro atoms. The Hall–Kier alpha value is 0.599. The first-order valence-electron chi connectivity index (χ1n) is 8.58. The summed E-state index contributed by atoms with van der Waals surface area (Å²) in [4.78, 5) is 0. The van der Waals surface area contributed by atoms with Crippen LogP contribution in [-0.4, -0.2) is 19.8 Å². The molecule has 3 heteroatoms. The molecule has 0 aliphatic heterocycles. The number of halogens is 2. The van der Waals surface area contributed by atoms with Crippen molar-refractivity contribution in [3.05, 3.63) is 28.2 Å². The molecule has 0 aromatic heterocycles. The first-order chi connectivity index (χ1) is 10.3. The second kappa shape index (κ2) is 7.92. The molecule has 0 bridgehead atoms. The van der Waals surface area contributed by atoms with Gasteiger partial charge in [-0.3, -0.25) is 0 Å². The van der Waals surface area contributed by atoms with E-state index in [4.69, 9.17) is 23.2 Å². The van der Waals surface area contributed by atoms with Crippen LogP contribution in [-0.2, 0) is 0 Å². The molecule has 2 aliphatic rings. The van der Waals surface area contributed by atoms with Gasteiger partial charge in [0.15, 0.2) is 0 Å². The molecule has 0 saturated heterocycles. The van der Waals surface area contributed by atoms with Gasteiger partial charge in [-0.1, -0.05) is 0 Å². The van der Waals surface area contributed by atoms with E-state index in [9.17, 15) is 0 Å². The molecule has 3 rings (SSSR count). The summed E-state index contributed by atoms with van der Waals surface area (Å²) in [5.41, 5.74) is 0. The van der Waals surface area contributed by atoms with Gasteiger partial charge in [0.2, 0.25) is 0 Å². The molecule has 115 valence electrons. The minimum absolute atomic E-state index is 0.718. The average molecular weight is 431 g/mol. The molecule has 0 nitrogen and oxygen atoms in total. The van der Waals surface area contributed by atoms with Gasteiger partial charge in [-0.25, -0.2) is 0 Å². The van der Waals surface area contributed by atoms with E-state index in [1.165, 1.54) is 64.2 Å². The van der Waals surface area contributed by atoms with Crippen LogP contribution in [0.5, 0.6) is 0 Å². The summed E-state index contributed by atoms with van der Waals surface area (Å²) in [6, 6.07) is 6.61. The normalized spacial score (nSPS) is 21.9. The monoisotopic (exact) mass is 431 g/mol. The van der Waals surface area contributed by atoms with Crippen LogP contribution in [0, 0.1) is 0 Å². The molecule has 0 unspecified atom stereocenters. The van der Waals surface area contributed by atoms with Crippen LogP contribution in [0.25, 0.3) is 0 Å². The summed E-state index contributed by atoms with van der Waals surface area (Å²) < 4.78 is 3.76. The van der Waals surface area contributed by atoms with E-state index < -0.39 is 19.8 Å². The van der Waals surface area contributed by atoms with Crippen LogP contribution in [0.3, 0.4) is 0 Å². The van der Waals surface area contributed by atoms with Gasteiger partial charge in [-0.05, 0) is 0 Å². The Kier molecular flexibility index (Phi) is 6.21. The molecule has 0 atom stereocenters. The first kappa shape index (κ1) is 16.5. The van der Waals surface area contributed by atoms with Gasteiger partial charge < -0.3 is 0 Å². The van der Waals surface area contributed by atoms with Gasteiger partial charge in [0.1, 0.15) is 0 Å². The van der Waals surface area contributed by atoms with Crippen LogP contribution in [0.4, 0.5) is 0 Å². The Morgan fingerprint density at radius 1 is 0.714 bits per heavy atom. The van der Waals surface area contributed by atoms with Crippen molar-refractivity contribution in [3.63, 3.8) is 0 Å².